The Labute approximate surface area is 658 Å². The van der Waals surface area contributed by atoms with Gasteiger partial charge in [-0.25, -0.2) is 0 Å². The van der Waals surface area contributed by atoms with E-state index in [0.717, 1.165) is 112 Å². The summed E-state index contributed by atoms with van der Waals surface area (Å²) in [7, 11) is 0. The van der Waals surface area contributed by atoms with Crippen molar-refractivity contribution in [3.05, 3.63) is 406 Å². The average Bonchev–Trinajstić information content (AvgIpc) is 0.799. The van der Waals surface area contributed by atoms with Crippen molar-refractivity contribution in [3.63, 3.8) is 0 Å². The summed E-state index contributed by atoms with van der Waals surface area (Å²) >= 11 is 1.89. The summed E-state index contributed by atoms with van der Waals surface area (Å²) in [6, 6.07) is 151. The van der Waals surface area contributed by atoms with E-state index in [9.17, 15) is 0 Å². The minimum atomic E-state index is -0.354. The highest BCUT2D eigenvalue weighted by molar-refractivity contribution is 7.26. The maximum Gasteiger partial charge on any atom is 0.252 e. The van der Waals surface area contributed by atoms with E-state index in [-0.39, 0.29) is 12.1 Å². The topological polar surface area (TPSA) is 6.48 Å². The van der Waals surface area contributed by atoms with Gasteiger partial charge >= 0.3 is 0 Å². The van der Waals surface area contributed by atoms with Crippen LogP contribution in [0, 0.1) is 0 Å². The Balaban J connectivity index is 0.917. The van der Waals surface area contributed by atoms with E-state index in [2.05, 4.69) is 431 Å². The van der Waals surface area contributed by atoms with E-state index in [0.29, 0.717) is 0 Å². The van der Waals surface area contributed by atoms with Gasteiger partial charge in [-0.3, -0.25) is 0 Å². The van der Waals surface area contributed by atoms with Crippen LogP contribution >= 0.6 is 11.3 Å². The van der Waals surface area contributed by atoms with Crippen molar-refractivity contribution < 1.29 is 0 Å². The van der Waals surface area contributed by atoms with Crippen LogP contribution in [0.15, 0.2) is 400 Å². The van der Waals surface area contributed by atoms with Gasteiger partial charge < -0.3 is 9.80 Å². The van der Waals surface area contributed by atoms with Crippen molar-refractivity contribution in [3.8, 4) is 111 Å². The summed E-state index contributed by atoms with van der Waals surface area (Å²) in [6.07, 6.45) is 0. The molecule has 0 spiro atoms. The van der Waals surface area contributed by atoms with Gasteiger partial charge in [0.2, 0.25) is 0 Å². The molecule has 0 unspecified atom stereocenters. The lowest BCUT2D eigenvalue weighted by molar-refractivity contribution is 0.590. The summed E-state index contributed by atoms with van der Waals surface area (Å²) in [4.78, 5) is 5.46. The fourth-order valence-electron chi connectivity index (χ4n) is 18.1. The molecule has 0 saturated carbocycles. The van der Waals surface area contributed by atoms with Crippen molar-refractivity contribution in [1.82, 2.24) is 0 Å². The fraction of sp³-hybridized carbons (Fsp3) is 0.0370. The van der Waals surface area contributed by atoms with Gasteiger partial charge in [0.05, 0.1) is 11.4 Å². The van der Waals surface area contributed by atoms with Gasteiger partial charge in [0, 0.05) is 65.2 Å². The van der Waals surface area contributed by atoms with Crippen LogP contribution in [0.1, 0.15) is 26.3 Å². The lowest BCUT2D eigenvalue weighted by Crippen LogP contribution is -2.61. The minimum absolute atomic E-state index is 0.256. The molecule has 526 valence electrons. The molecule has 0 amide bonds. The second kappa shape index (κ2) is 27.2. The summed E-state index contributed by atoms with van der Waals surface area (Å²) in [6.45, 7) is 6.95. The Kier molecular flexibility index (Phi) is 16.2. The molecule has 0 aliphatic carbocycles. The van der Waals surface area contributed by atoms with Crippen molar-refractivity contribution in [2.75, 3.05) is 9.80 Å². The van der Waals surface area contributed by atoms with Gasteiger partial charge in [-0.05, 0) is 199 Å². The molecule has 0 saturated heterocycles. The minimum Gasteiger partial charge on any atom is -0.310 e. The molecular formula is C108H75BN2S. The summed E-state index contributed by atoms with van der Waals surface area (Å²) in [5, 5.41) is 7.45. The third-order valence-electron chi connectivity index (χ3n) is 23.4. The molecule has 0 N–H and O–H groups in total. The lowest BCUT2D eigenvalue weighted by Gasteiger charge is -2.46. The molecule has 21 rings (SSSR count). The molecule has 3 heterocycles. The normalized spacial score (nSPS) is 12.4. The maximum absolute atomic E-state index is 2.73. The second-order valence-electron chi connectivity index (χ2n) is 30.9. The highest BCUT2D eigenvalue weighted by Gasteiger charge is 2.46. The molecule has 19 aromatic rings. The average molecular weight is 1440 g/mol. The van der Waals surface area contributed by atoms with E-state index in [4.69, 9.17) is 0 Å². The van der Waals surface area contributed by atoms with E-state index in [1.807, 2.05) is 11.3 Å². The number of thiophene rings is 1. The summed E-state index contributed by atoms with van der Waals surface area (Å²) in [5.74, 6) is 0. The monoisotopic (exact) mass is 1440 g/mol. The lowest BCUT2D eigenvalue weighted by atomic mass is 9.33. The molecule has 18 aromatic carbocycles. The molecule has 2 aliphatic rings. The van der Waals surface area contributed by atoms with Gasteiger partial charge in [-0.15, -0.1) is 11.3 Å². The largest absolute Gasteiger partial charge is 0.310 e. The molecule has 1 aromatic heterocycles. The molecule has 112 heavy (non-hydrogen) atoms. The van der Waals surface area contributed by atoms with E-state index in [1.165, 1.54) is 97.0 Å². The van der Waals surface area contributed by atoms with Crippen LogP contribution in [0.4, 0.5) is 34.1 Å². The van der Waals surface area contributed by atoms with Crippen molar-refractivity contribution in [2.24, 2.45) is 0 Å². The zero-order chi connectivity index (χ0) is 74.5. The van der Waals surface area contributed by atoms with E-state index < -0.39 is 0 Å². The molecule has 0 fully saturated rings. The predicted molar refractivity (Wildman–Crippen MR) is 481 cm³/mol. The van der Waals surface area contributed by atoms with Crippen LogP contribution in [-0.4, -0.2) is 6.71 Å². The number of nitrogens with zero attached hydrogens (tertiary/aromatic N) is 2. The first-order valence-corrected chi connectivity index (χ1v) is 39.8. The first-order chi connectivity index (χ1) is 55.2. The van der Waals surface area contributed by atoms with Crippen molar-refractivity contribution in [1.29, 1.82) is 0 Å². The highest BCUT2D eigenvalue weighted by Crippen LogP contribution is 2.57. The van der Waals surface area contributed by atoms with Gasteiger partial charge in [-0.2, -0.15) is 0 Å². The fourth-order valence-corrected chi connectivity index (χ4v) is 19.4. The van der Waals surface area contributed by atoms with Gasteiger partial charge in [0.15, 0.2) is 0 Å². The molecule has 2 nitrogen and oxygen atoms in total. The molecule has 4 heteroatoms. The number of rotatable bonds is 12. The molecule has 0 radical (unpaired) electrons. The Morgan fingerprint density at radius 3 is 1.03 bits per heavy atom. The number of hydrogen-bond donors (Lipinski definition) is 0. The summed E-state index contributed by atoms with van der Waals surface area (Å²) < 4.78 is 2.57. The van der Waals surface area contributed by atoms with E-state index in [1.54, 1.807) is 0 Å². The van der Waals surface area contributed by atoms with Crippen LogP contribution < -0.4 is 26.2 Å². The number of anilines is 6. The smallest absolute Gasteiger partial charge is 0.252 e. The van der Waals surface area contributed by atoms with E-state index >= 15 is 0 Å². The summed E-state index contributed by atoms with van der Waals surface area (Å²) in [5.41, 5.74) is 34.5. The van der Waals surface area contributed by atoms with Crippen LogP contribution in [0.2, 0.25) is 0 Å². The Morgan fingerprint density at radius 2 is 0.580 bits per heavy atom. The SMILES string of the molecule is CC(C)(C)c1cc2c3c(c1)N(c1c(-c4ccccc4)cc(-c4ccccc4)cc1-c1ccccc1)c1cc(-c4cccc5c4sc4ccccc45)ccc1B3c1ccc(-c3ccc4c(-c5ccccc5)c5ccccc5c(-c5ccccc5)c4c3)cc1N2c1c(-c2ccccc2)cc(-c2ccccc2)cc1-c1ccccc1. The van der Waals surface area contributed by atoms with Gasteiger partial charge in [0.25, 0.3) is 6.71 Å². The molecule has 0 bridgehead atoms. The van der Waals surface area contributed by atoms with Crippen molar-refractivity contribution in [2.45, 2.75) is 26.2 Å². The Hall–Kier alpha value is -13.6. The molecule has 2 aliphatic heterocycles. The highest BCUT2D eigenvalue weighted by atomic mass is 32.1. The maximum atomic E-state index is 2.73. The van der Waals surface area contributed by atoms with Gasteiger partial charge in [0.1, 0.15) is 0 Å². The zero-order valence-corrected chi connectivity index (χ0v) is 63.3. The van der Waals surface area contributed by atoms with Gasteiger partial charge in [-0.1, -0.05) is 360 Å². The number of hydrogen-bond acceptors (Lipinski definition) is 3. The second-order valence-corrected chi connectivity index (χ2v) is 32.0. The van der Waals surface area contributed by atoms with Crippen LogP contribution in [-0.2, 0) is 5.41 Å². The number of benzene rings is 18. The Morgan fingerprint density at radius 1 is 0.232 bits per heavy atom. The molecule has 0 atom stereocenters. The Bertz CT molecular complexity index is 6750. The number of fused-ring (bicyclic) bond motifs is 9. The standard InChI is InChI=1S/C108H75BN2S/c1-108(2,3)83-68-99-104-100(69-83)111(106-92(74-41-20-8-21-42-74)64-82(71-35-14-5-15-36-71)65-93(106)75-43-22-9-23-44-75)98-67-80(84-52-32-53-89-85-49-30-31-54-101(85)112-107(84)89)57-60-96(98)109(104)95-59-56-79(78-55-58-88-94(61-78)103(77-47-26-11-27-48-77)87-51-29-28-50-86(87)102(88)76-45-24-10-25-46-76)66-97(95)110(99)105-90(72-37-16-6-17-38-72)62-81(70-33-12-4-13-34-70)63-91(105)73-39-18-7-19-40-73/h4-69H,1-3H3. The van der Waals surface area contributed by atoms with Crippen molar-refractivity contribution >= 4 is 110 Å². The molecular weight excluding hydrogens is 1370 g/mol. The first-order valence-electron chi connectivity index (χ1n) is 39.0. The zero-order valence-electron chi connectivity index (χ0n) is 62.5. The van der Waals surface area contributed by atoms with Crippen LogP contribution in [0.3, 0.4) is 0 Å². The predicted octanol–water partition coefficient (Wildman–Crippen LogP) is 28.4. The van der Waals surface area contributed by atoms with Crippen LogP contribution in [0.5, 0.6) is 0 Å². The first kappa shape index (κ1) is 66.6. The third-order valence-corrected chi connectivity index (χ3v) is 24.6. The van der Waals surface area contributed by atoms with Crippen LogP contribution in [0.25, 0.3) is 153 Å². The quantitative estimate of drug-likeness (QED) is 0.0888. The third kappa shape index (κ3) is 11.2.